The molecule has 6 nitrogen and oxygen atoms in total. The maximum absolute atomic E-state index is 12.7. The summed E-state index contributed by atoms with van der Waals surface area (Å²) in [5.41, 5.74) is 4.79. The van der Waals surface area contributed by atoms with Gasteiger partial charge in [-0.25, -0.2) is 4.68 Å². The van der Waals surface area contributed by atoms with Crippen molar-refractivity contribution < 1.29 is 9.53 Å². The quantitative estimate of drug-likeness (QED) is 0.859. The van der Waals surface area contributed by atoms with Crippen LogP contribution in [0, 0.1) is 13.8 Å². The molecule has 2 aliphatic heterocycles. The largest absolute Gasteiger partial charge is 0.370 e. The second-order valence-electron chi connectivity index (χ2n) is 7.13. The molecule has 3 heterocycles. The zero-order valence-corrected chi connectivity index (χ0v) is 14.8. The predicted molar refractivity (Wildman–Crippen MR) is 93.1 cm³/mol. The van der Waals surface area contributed by atoms with Crippen molar-refractivity contribution in [2.75, 3.05) is 13.1 Å². The molecule has 0 saturated carbocycles. The number of ether oxygens (including phenoxy) is 1. The molecule has 0 bridgehead atoms. The summed E-state index contributed by atoms with van der Waals surface area (Å²) in [6.45, 7) is 6.21. The van der Waals surface area contributed by atoms with E-state index in [0.717, 1.165) is 25.1 Å². The molecule has 1 amide bonds. The van der Waals surface area contributed by atoms with Crippen molar-refractivity contribution in [3.8, 4) is 0 Å². The molecule has 0 unspecified atom stereocenters. The number of piperidine rings is 1. The van der Waals surface area contributed by atoms with Gasteiger partial charge in [-0.3, -0.25) is 4.79 Å². The molecule has 1 saturated heterocycles. The van der Waals surface area contributed by atoms with E-state index in [0.29, 0.717) is 19.6 Å². The highest BCUT2D eigenvalue weighted by atomic mass is 16.5. The van der Waals surface area contributed by atoms with E-state index in [9.17, 15) is 4.79 Å². The summed E-state index contributed by atoms with van der Waals surface area (Å²) in [6.07, 6.45) is 4.08. The summed E-state index contributed by atoms with van der Waals surface area (Å²) in [7, 11) is 0. The van der Waals surface area contributed by atoms with Crippen LogP contribution in [0.25, 0.3) is 0 Å². The molecule has 0 N–H and O–H groups in total. The number of hydrogen-bond acceptors (Lipinski definition) is 4. The Labute approximate surface area is 147 Å². The maximum atomic E-state index is 12.7. The predicted octanol–water partition coefficient (Wildman–Crippen LogP) is 2.20. The van der Waals surface area contributed by atoms with E-state index in [-0.39, 0.29) is 18.1 Å². The lowest BCUT2D eigenvalue weighted by atomic mass is 9.99. The highest BCUT2D eigenvalue weighted by Gasteiger charge is 2.37. The number of fused-ring (bicyclic) bond motifs is 3. The Kier molecular flexibility index (Phi) is 4.29. The van der Waals surface area contributed by atoms with Crippen LogP contribution in [0.3, 0.4) is 0 Å². The average Bonchev–Trinajstić information content (AvgIpc) is 3.11. The van der Waals surface area contributed by atoms with Gasteiger partial charge in [0.15, 0.2) is 0 Å². The van der Waals surface area contributed by atoms with Crippen LogP contribution in [-0.2, 0) is 22.6 Å². The van der Waals surface area contributed by atoms with Crippen LogP contribution in [0.15, 0.2) is 24.4 Å². The molecule has 4 rings (SSSR count). The highest BCUT2D eigenvalue weighted by molar-refractivity contribution is 5.76. The lowest BCUT2D eigenvalue weighted by molar-refractivity contribution is -0.138. The fourth-order valence-corrected chi connectivity index (χ4v) is 3.77. The summed E-state index contributed by atoms with van der Waals surface area (Å²) in [4.78, 5) is 14.6. The van der Waals surface area contributed by atoms with E-state index in [2.05, 4.69) is 42.4 Å². The van der Waals surface area contributed by atoms with Gasteiger partial charge in [0, 0.05) is 19.5 Å². The van der Waals surface area contributed by atoms with Crippen molar-refractivity contribution in [1.82, 2.24) is 19.9 Å². The number of carbonyl (C=O) groups is 1. The minimum Gasteiger partial charge on any atom is -0.370 e. The molecule has 0 radical (unpaired) electrons. The topological polar surface area (TPSA) is 60.3 Å². The minimum atomic E-state index is 0.0885. The van der Waals surface area contributed by atoms with E-state index >= 15 is 0 Å². The highest BCUT2D eigenvalue weighted by Crippen LogP contribution is 2.30. The monoisotopic (exact) mass is 340 g/mol. The fourth-order valence-electron chi connectivity index (χ4n) is 3.77. The van der Waals surface area contributed by atoms with Gasteiger partial charge in [0.2, 0.25) is 5.91 Å². The van der Waals surface area contributed by atoms with E-state index in [1.807, 2.05) is 9.58 Å². The molecule has 2 aromatic rings. The van der Waals surface area contributed by atoms with Gasteiger partial charge >= 0.3 is 0 Å². The Balaban J connectivity index is 1.39. The lowest BCUT2D eigenvalue weighted by Crippen LogP contribution is -2.49. The van der Waals surface area contributed by atoms with E-state index < -0.39 is 0 Å². The Morgan fingerprint density at radius 2 is 2.20 bits per heavy atom. The minimum absolute atomic E-state index is 0.0885. The first-order valence-electron chi connectivity index (χ1n) is 8.96. The first-order chi connectivity index (χ1) is 12.1. The average molecular weight is 340 g/mol. The van der Waals surface area contributed by atoms with Gasteiger partial charge < -0.3 is 9.64 Å². The molecular formula is C19H24N4O2. The molecule has 6 heteroatoms. The van der Waals surface area contributed by atoms with Gasteiger partial charge in [0.05, 0.1) is 30.6 Å². The van der Waals surface area contributed by atoms with Crippen LogP contribution in [0.2, 0.25) is 0 Å². The molecule has 1 aromatic carbocycles. The van der Waals surface area contributed by atoms with Crippen molar-refractivity contribution in [3.05, 3.63) is 46.8 Å². The zero-order valence-electron chi connectivity index (χ0n) is 14.8. The van der Waals surface area contributed by atoms with E-state index in [1.54, 1.807) is 6.20 Å². The Bertz CT molecular complexity index is 785. The summed E-state index contributed by atoms with van der Waals surface area (Å²) >= 11 is 0. The number of aromatic nitrogens is 3. The van der Waals surface area contributed by atoms with Gasteiger partial charge in [-0.05, 0) is 43.4 Å². The number of nitrogens with zero attached hydrogens (tertiary/aromatic N) is 4. The van der Waals surface area contributed by atoms with Crippen LogP contribution in [0.1, 0.15) is 41.3 Å². The second kappa shape index (κ2) is 6.59. The molecule has 0 aliphatic carbocycles. The smallest absolute Gasteiger partial charge is 0.222 e. The molecule has 0 spiro atoms. The molecule has 25 heavy (non-hydrogen) atoms. The number of carbonyl (C=O) groups excluding carboxylic acids is 1. The molecule has 2 atom stereocenters. The molecule has 1 fully saturated rings. The number of rotatable bonds is 3. The first-order valence-corrected chi connectivity index (χ1v) is 8.96. The van der Waals surface area contributed by atoms with Crippen LogP contribution in [-0.4, -0.2) is 45.0 Å². The third-order valence-electron chi connectivity index (χ3n) is 5.48. The van der Waals surface area contributed by atoms with Gasteiger partial charge in [0.25, 0.3) is 0 Å². The maximum Gasteiger partial charge on any atom is 0.222 e. The van der Waals surface area contributed by atoms with Gasteiger partial charge in [-0.2, -0.15) is 0 Å². The number of likely N-dealkylation sites (tertiary alicyclic amines) is 1. The number of benzene rings is 1. The summed E-state index contributed by atoms with van der Waals surface area (Å²) in [5.74, 6) is 0.212. The third-order valence-corrected chi connectivity index (χ3v) is 5.48. The van der Waals surface area contributed by atoms with E-state index in [1.165, 1.54) is 16.7 Å². The molecular weight excluding hydrogens is 316 g/mol. The zero-order chi connectivity index (χ0) is 17.4. The number of amides is 1. The summed E-state index contributed by atoms with van der Waals surface area (Å²) in [6, 6.07) is 6.53. The van der Waals surface area contributed by atoms with Crippen LogP contribution < -0.4 is 0 Å². The number of hydrogen-bond donors (Lipinski definition) is 0. The van der Waals surface area contributed by atoms with Crippen molar-refractivity contribution in [2.45, 2.75) is 51.9 Å². The van der Waals surface area contributed by atoms with Crippen molar-refractivity contribution in [3.63, 3.8) is 0 Å². The first kappa shape index (κ1) is 16.3. The van der Waals surface area contributed by atoms with E-state index in [4.69, 9.17) is 4.74 Å². The molecule has 132 valence electrons. The van der Waals surface area contributed by atoms with Crippen LogP contribution in [0.4, 0.5) is 0 Å². The fraction of sp³-hybridized carbons (Fsp3) is 0.526. The SMILES string of the molecule is Cc1ccc(CCC(=O)N2CC[C@H]3OCc4cnnn4[C@H]3C2)cc1C. The van der Waals surface area contributed by atoms with Crippen molar-refractivity contribution in [2.24, 2.45) is 0 Å². The summed E-state index contributed by atoms with van der Waals surface area (Å²) < 4.78 is 7.85. The lowest BCUT2D eigenvalue weighted by Gasteiger charge is -2.41. The standard InChI is InChI=1S/C19H24N4O2/c1-13-3-4-15(9-14(13)2)5-6-19(24)22-8-7-18-17(11-22)23-16(12-25-18)10-20-21-23/h3-4,9-10,17-18H,5-8,11-12H2,1-2H3/t17-,18+/m0/s1. The third kappa shape index (κ3) is 3.18. The second-order valence-corrected chi connectivity index (χ2v) is 7.13. The number of aryl methyl sites for hydroxylation is 3. The van der Waals surface area contributed by atoms with Crippen LogP contribution in [0.5, 0.6) is 0 Å². The normalized spacial score (nSPS) is 22.4. The van der Waals surface area contributed by atoms with Gasteiger partial charge in [-0.1, -0.05) is 23.4 Å². The Morgan fingerprint density at radius 3 is 3.04 bits per heavy atom. The summed E-state index contributed by atoms with van der Waals surface area (Å²) in [5, 5.41) is 8.18. The van der Waals surface area contributed by atoms with Crippen molar-refractivity contribution >= 4 is 5.91 Å². The molecule has 2 aliphatic rings. The Hall–Kier alpha value is -2.21. The molecule has 1 aromatic heterocycles. The van der Waals surface area contributed by atoms with Crippen molar-refractivity contribution in [1.29, 1.82) is 0 Å². The van der Waals surface area contributed by atoms with Gasteiger partial charge in [0.1, 0.15) is 0 Å². The Morgan fingerprint density at radius 1 is 1.32 bits per heavy atom. The van der Waals surface area contributed by atoms with Gasteiger partial charge in [-0.15, -0.1) is 5.10 Å². The van der Waals surface area contributed by atoms with Crippen LogP contribution >= 0.6 is 0 Å².